The summed E-state index contributed by atoms with van der Waals surface area (Å²) < 4.78 is 18.0. The first kappa shape index (κ1) is 19.9. The molecule has 0 radical (unpaired) electrons. The maximum Gasteiger partial charge on any atom is 0.326 e. The van der Waals surface area contributed by atoms with Gasteiger partial charge in [-0.15, -0.1) is 0 Å². The number of rotatable bonds is 5. The third-order valence-corrected chi connectivity index (χ3v) is 5.36. The molecule has 1 aromatic carbocycles. The minimum atomic E-state index is -0.533. The lowest BCUT2D eigenvalue weighted by atomic mass is 10.2. The molecule has 4 aromatic heterocycles. The van der Waals surface area contributed by atoms with E-state index < -0.39 is 11.5 Å². The Labute approximate surface area is 189 Å². The van der Waals surface area contributed by atoms with Crippen LogP contribution in [0, 0.1) is 5.82 Å². The molecule has 1 fully saturated rings. The third-order valence-electron chi connectivity index (χ3n) is 5.36. The zero-order valence-electron chi connectivity index (χ0n) is 17.6. The number of aromatic nitrogens is 7. The van der Waals surface area contributed by atoms with Gasteiger partial charge in [0.1, 0.15) is 17.3 Å². The summed E-state index contributed by atoms with van der Waals surface area (Å²) in [6.07, 6.45) is 8.45. The fourth-order valence-electron chi connectivity index (χ4n) is 3.57. The van der Waals surface area contributed by atoms with Crippen LogP contribution in [0.4, 0.5) is 15.9 Å². The number of hydrogen-bond acceptors (Lipinski definition) is 7. The summed E-state index contributed by atoms with van der Waals surface area (Å²) in [7, 11) is 0. The minimum absolute atomic E-state index is 0.195. The number of aromatic amines is 2. The maximum absolute atomic E-state index is 14.9. The number of imidazole rings is 1. The Morgan fingerprint density at radius 3 is 2.82 bits per heavy atom. The molecule has 34 heavy (non-hydrogen) atoms. The number of aromatic hydroxyl groups is 1. The Bertz CT molecular complexity index is 1690. The molecule has 0 spiro atoms. The molecule has 4 N–H and O–H groups in total. The second-order valence-electron chi connectivity index (χ2n) is 7.92. The minimum Gasteiger partial charge on any atom is -0.493 e. The average Bonchev–Trinajstić information content (AvgIpc) is 3.18. The molecular formula is C22H18FN9O2. The summed E-state index contributed by atoms with van der Waals surface area (Å²) in [5.74, 6) is -0.383. The van der Waals surface area contributed by atoms with Crippen LogP contribution in [-0.4, -0.2) is 45.5 Å². The normalized spacial score (nSPS) is 14.9. The number of halogens is 1. The van der Waals surface area contributed by atoms with Crippen LogP contribution in [0.15, 0.2) is 58.7 Å². The van der Waals surface area contributed by atoms with Crippen LogP contribution >= 0.6 is 0 Å². The van der Waals surface area contributed by atoms with Crippen LogP contribution in [0.25, 0.3) is 17.4 Å². The van der Waals surface area contributed by atoms with Gasteiger partial charge in [0.05, 0.1) is 23.6 Å². The summed E-state index contributed by atoms with van der Waals surface area (Å²) in [5, 5.41) is 22.0. The SMILES string of the molecule is O=c1[nH]c(O)c(C=c2cnn3c(=NC4CC4)cc(Nc4ccc(-n5cccn5)cc4F)nc23)[nH]1. The molecule has 0 aliphatic heterocycles. The fraction of sp³-hybridized carbons (Fsp3) is 0.136. The van der Waals surface area contributed by atoms with Crippen LogP contribution in [0.3, 0.4) is 0 Å². The van der Waals surface area contributed by atoms with Gasteiger partial charge in [-0.1, -0.05) is 0 Å². The molecule has 0 saturated heterocycles. The summed E-state index contributed by atoms with van der Waals surface area (Å²) >= 11 is 0. The first-order valence-corrected chi connectivity index (χ1v) is 10.6. The van der Waals surface area contributed by atoms with E-state index in [-0.39, 0.29) is 23.3 Å². The maximum atomic E-state index is 14.9. The van der Waals surface area contributed by atoms with Crippen molar-refractivity contribution in [1.29, 1.82) is 0 Å². The van der Waals surface area contributed by atoms with Gasteiger partial charge in [0.25, 0.3) is 0 Å². The first-order chi connectivity index (χ1) is 16.5. The van der Waals surface area contributed by atoms with Gasteiger partial charge in [0, 0.05) is 29.7 Å². The highest BCUT2D eigenvalue weighted by Gasteiger charge is 2.20. The van der Waals surface area contributed by atoms with Crippen molar-refractivity contribution in [3.05, 3.63) is 81.6 Å². The topological polar surface area (TPSA) is 141 Å². The van der Waals surface area contributed by atoms with Gasteiger partial charge in [-0.05, 0) is 37.1 Å². The molecule has 4 heterocycles. The quantitative estimate of drug-likeness (QED) is 0.311. The second kappa shape index (κ2) is 7.69. The Morgan fingerprint density at radius 2 is 2.12 bits per heavy atom. The molecule has 1 aliphatic rings. The van der Waals surface area contributed by atoms with Gasteiger partial charge in [0.15, 0.2) is 11.1 Å². The lowest BCUT2D eigenvalue weighted by molar-refractivity contribution is 0.454. The Kier molecular flexibility index (Phi) is 4.50. The van der Waals surface area contributed by atoms with Crippen molar-refractivity contribution in [2.24, 2.45) is 4.99 Å². The summed E-state index contributed by atoms with van der Waals surface area (Å²) in [6.45, 7) is 0. The highest BCUT2D eigenvalue weighted by atomic mass is 19.1. The number of anilines is 2. The first-order valence-electron chi connectivity index (χ1n) is 10.6. The number of benzene rings is 1. The van der Waals surface area contributed by atoms with E-state index in [1.807, 2.05) is 0 Å². The standard InChI is InChI=1S/C22H18FN9O2/c23-15-9-14(31-7-1-6-24-31)4-5-16(15)27-18-10-19(26-13-2-3-13)32-20(29-18)12(11-25-32)8-17-21(33)30-22(34)28-17/h1,4-11,13,27,33H,2-3H2,(H2,28,30,34). The van der Waals surface area contributed by atoms with Crippen molar-refractivity contribution < 1.29 is 9.50 Å². The average molecular weight is 459 g/mol. The molecule has 1 saturated carbocycles. The van der Waals surface area contributed by atoms with E-state index in [1.54, 1.807) is 58.1 Å². The largest absolute Gasteiger partial charge is 0.493 e. The third kappa shape index (κ3) is 3.70. The van der Waals surface area contributed by atoms with Crippen LogP contribution in [-0.2, 0) is 0 Å². The molecular weight excluding hydrogens is 441 g/mol. The van der Waals surface area contributed by atoms with E-state index in [0.717, 1.165) is 12.8 Å². The fourth-order valence-corrected chi connectivity index (χ4v) is 3.57. The van der Waals surface area contributed by atoms with Crippen molar-refractivity contribution in [2.75, 3.05) is 5.32 Å². The highest BCUT2D eigenvalue weighted by molar-refractivity contribution is 5.62. The molecule has 170 valence electrons. The van der Waals surface area contributed by atoms with E-state index in [2.05, 4.69) is 30.5 Å². The van der Waals surface area contributed by atoms with Crippen LogP contribution in [0.1, 0.15) is 18.5 Å². The molecule has 5 aromatic rings. The molecule has 0 bridgehead atoms. The van der Waals surface area contributed by atoms with Crippen molar-refractivity contribution in [3.8, 4) is 11.6 Å². The van der Waals surface area contributed by atoms with E-state index in [1.165, 1.54) is 6.07 Å². The van der Waals surface area contributed by atoms with Crippen LogP contribution in [0.5, 0.6) is 5.88 Å². The second-order valence-corrected chi connectivity index (χ2v) is 7.92. The molecule has 0 unspecified atom stereocenters. The van der Waals surface area contributed by atoms with Crippen LogP contribution < -0.4 is 21.7 Å². The predicted octanol–water partition coefficient (Wildman–Crippen LogP) is 1.13. The van der Waals surface area contributed by atoms with Gasteiger partial charge < -0.3 is 15.4 Å². The highest BCUT2D eigenvalue weighted by Crippen LogP contribution is 2.23. The molecule has 0 atom stereocenters. The lowest BCUT2D eigenvalue weighted by Gasteiger charge is -2.09. The van der Waals surface area contributed by atoms with Gasteiger partial charge in [-0.25, -0.2) is 18.9 Å². The molecule has 11 nitrogen and oxygen atoms in total. The van der Waals surface area contributed by atoms with Crippen molar-refractivity contribution in [2.45, 2.75) is 18.9 Å². The van der Waals surface area contributed by atoms with Gasteiger partial charge in [-0.2, -0.15) is 14.7 Å². The number of fused-ring (bicyclic) bond motifs is 1. The molecule has 6 rings (SSSR count). The van der Waals surface area contributed by atoms with Gasteiger partial charge >= 0.3 is 5.69 Å². The van der Waals surface area contributed by atoms with Gasteiger partial charge in [-0.3, -0.25) is 9.98 Å². The Hall–Kier alpha value is -4.74. The van der Waals surface area contributed by atoms with Crippen molar-refractivity contribution >= 4 is 23.2 Å². The van der Waals surface area contributed by atoms with E-state index in [4.69, 9.17) is 4.99 Å². The smallest absolute Gasteiger partial charge is 0.326 e. The molecule has 1 aliphatic carbocycles. The van der Waals surface area contributed by atoms with Crippen LogP contribution in [0.2, 0.25) is 0 Å². The zero-order valence-corrected chi connectivity index (χ0v) is 17.6. The van der Waals surface area contributed by atoms with E-state index >= 15 is 0 Å². The number of H-pyrrole nitrogens is 2. The van der Waals surface area contributed by atoms with E-state index in [0.29, 0.717) is 27.9 Å². The van der Waals surface area contributed by atoms with Gasteiger partial charge in [0.2, 0.25) is 5.88 Å². The van der Waals surface area contributed by atoms with Crippen molar-refractivity contribution in [3.63, 3.8) is 0 Å². The Balaban J connectivity index is 1.45. The predicted molar refractivity (Wildman–Crippen MR) is 120 cm³/mol. The summed E-state index contributed by atoms with van der Waals surface area (Å²) in [4.78, 5) is 25.5. The summed E-state index contributed by atoms with van der Waals surface area (Å²) in [6, 6.07) is 8.42. The Morgan fingerprint density at radius 1 is 1.24 bits per heavy atom. The van der Waals surface area contributed by atoms with E-state index in [9.17, 15) is 14.3 Å². The summed E-state index contributed by atoms with van der Waals surface area (Å²) in [5.41, 5.74) is 1.49. The number of nitrogens with one attached hydrogen (secondary N) is 3. The van der Waals surface area contributed by atoms with Crippen molar-refractivity contribution in [1.82, 2.24) is 34.3 Å². The molecule has 12 heteroatoms. The lowest BCUT2D eigenvalue weighted by Crippen LogP contribution is -2.20. The zero-order chi connectivity index (χ0) is 23.2. The number of nitrogens with zero attached hydrogens (tertiary/aromatic N) is 6. The molecule has 0 amide bonds. The monoisotopic (exact) mass is 459 g/mol. The number of hydrogen-bond donors (Lipinski definition) is 4.